The lowest BCUT2D eigenvalue weighted by Gasteiger charge is -2.06. The van der Waals surface area contributed by atoms with Crippen molar-refractivity contribution in [2.24, 2.45) is 0 Å². The molecule has 0 aliphatic rings. The molecular weight excluding hydrogens is 259 g/mol. The van der Waals surface area contributed by atoms with Crippen LogP contribution in [0.3, 0.4) is 0 Å². The molecule has 0 fully saturated rings. The van der Waals surface area contributed by atoms with E-state index < -0.39 is 0 Å². The van der Waals surface area contributed by atoms with Crippen LogP contribution >= 0.6 is 0 Å². The Bertz CT molecular complexity index is 745. The Balaban J connectivity index is 2.14. The fourth-order valence-electron chi connectivity index (χ4n) is 2.06. The smallest absolute Gasteiger partial charge is 0.138 e. The molecule has 0 saturated carbocycles. The molecule has 0 aliphatic heterocycles. The highest BCUT2D eigenvalue weighted by atomic mass is 19.1. The van der Waals surface area contributed by atoms with Gasteiger partial charge >= 0.3 is 0 Å². The number of H-pyrrole nitrogens is 1. The summed E-state index contributed by atoms with van der Waals surface area (Å²) in [5, 5.41) is 0. The molecule has 0 spiro atoms. The van der Waals surface area contributed by atoms with Crippen molar-refractivity contribution in [1.29, 1.82) is 0 Å². The molecule has 102 valence electrons. The Morgan fingerprint density at radius 3 is 2.35 bits per heavy atom. The van der Waals surface area contributed by atoms with Gasteiger partial charge in [0.15, 0.2) is 0 Å². The molecule has 0 unspecified atom stereocenters. The van der Waals surface area contributed by atoms with E-state index in [0.717, 1.165) is 5.56 Å². The molecule has 1 N–H and O–H groups in total. The van der Waals surface area contributed by atoms with Crippen molar-refractivity contribution in [3.05, 3.63) is 42.2 Å². The molecule has 5 heteroatoms. The fraction of sp³-hybridized carbons (Fsp3) is 0.133. The molecule has 0 radical (unpaired) electrons. The van der Waals surface area contributed by atoms with Crippen LogP contribution in [0.15, 0.2) is 36.4 Å². The normalized spacial score (nSPS) is 10.8. The number of hydrogen-bond donors (Lipinski definition) is 1. The lowest BCUT2D eigenvalue weighted by molar-refractivity contribution is 0.394. The first-order valence-electron chi connectivity index (χ1n) is 6.08. The Labute approximate surface area is 115 Å². The van der Waals surface area contributed by atoms with Gasteiger partial charge in [0.1, 0.15) is 23.1 Å². The van der Waals surface area contributed by atoms with E-state index in [1.807, 2.05) is 12.1 Å². The number of aromatic nitrogens is 2. The molecule has 0 atom stereocenters. The van der Waals surface area contributed by atoms with E-state index in [9.17, 15) is 4.39 Å². The van der Waals surface area contributed by atoms with Gasteiger partial charge in [-0.05, 0) is 30.3 Å². The summed E-state index contributed by atoms with van der Waals surface area (Å²) in [6.07, 6.45) is 0. The quantitative estimate of drug-likeness (QED) is 0.795. The number of ether oxygens (including phenoxy) is 2. The maximum atomic E-state index is 13.2. The van der Waals surface area contributed by atoms with E-state index >= 15 is 0 Å². The summed E-state index contributed by atoms with van der Waals surface area (Å²) in [6, 6.07) is 9.92. The number of fused-ring (bicyclic) bond motifs is 1. The fourth-order valence-corrected chi connectivity index (χ4v) is 2.06. The van der Waals surface area contributed by atoms with E-state index in [2.05, 4.69) is 9.97 Å². The zero-order valence-electron chi connectivity index (χ0n) is 11.1. The van der Waals surface area contributed by atoms with Gasteiger partial charge in [0.25, 0.3) is 0 Å². The third-order valence-electron chi connectivity index (χ3n) is 3.07. The molecular formula is C15H13FN2O2. The summed E-state index contributed by atoms with van der Waals surface area (Å²) in [5.74, 6) is 1.69. The Hall–Kier alpha value is -2.56. The molecule has 1 heterocycles. The van der Waals surface area contributed by atoms with Crippen LogP contribution in [0, 0.1) is 5.82 Å². The third kappa shape index (κ3) is 2.18. The Morgan fingerprint density at radius 1 is 1.00 bits per heavy atom. The van der Waals surface area contributed by atoms with Crippen LogP contribution in [0.1, 0.15) is 0 Å². The van der Waals surface area contributed by atoms with Gasteiger partial charge in [-0.1, -0.05) is 0 Å². The van der Waals surface area contributed by atoms with Crippen LogP contribution in [0.5, 0.6) is 11.5 Å². The van der Waals surface area contributed by atoms with Crippen molar-refractivity contribution in [2.45, 2.75) is 0 Å². The maximum absolute atomic E-state index is 13.2. The van der Waals surface area contributed by atoms with Crippen LogP contribution in [-0.2, 0) is 0 Å². The zero-order valence-corrected chi connectivity index (χ0v) is 11.1. The second kappa shape index (κ2) is 4.85. The second-order valence-electron chi connectivity index (χ2n) is 4.35. The van der Waals surface area contributed by atoms with Gasteiger partial charge in [-0.15, -0.1) is 0 Å². The molecule has 20 heavy (non-hydrogen) atoms. The number of aromatic amines is 1. The summed E-state index contributed by atoms with van der Waals surface area (Å²) in [6.45, 7) is 0. The van der Waals surface area contributed by atoms with Crippen molar-refractivity contribution in [3.63, 3.8) is 0 Å². The Morgan fingerprint density at radius 2 is 1.70 bits per heavy atom. The van der Waals surface area contributed by atoms with Crippen LogP contribution < -0.4 is 9.47 Å². The summed E-state index contributed by atoms with van der Waals surface area (Å²) in [7, 11) is 3.18. The number of methoxy groups -OCH3 is 2. The van der Waals surface area contributed by atoms with Gasteiger partial charge in [-0.2, -0.15) is 0 Å². The molecule has 0 amide bonds. The molecule has 2 aromatic carbocycles. The SMILES string of the molecule is COc1cc(OC)cc(-c2nc3ccc(F)cc3[nH]2)c1. The van der Waals surface area contributed by atoms with Gasteiger partial charge in [0.2, 0.25) is 0 Å². The lowest BCUT2D eigenvalue weighted by Crippen LogP contribution is -1.89. The first kappa shape index (κ1) is 12.5. The van der Waals surface area contributed by atoms with Gasteiger partial charge in [-0.3, -0.25) is 0 Å². The summed E-state index contributed by atoms with van der Waals surface area (Å²) in [4.78, 5) is 7.53. The molecule has 0 bridgehead atoms. The van der Waals surface area contributed by atoms with Crippen LogP contribution in [0.25, 0.3) is 22.4 Å². The summed E-state index contributed by atoms with van der Waals surface area (Å²) in [5.41, 5.74) is 2.18. The number of rotatable bonds is 3. The highest BCUT2D eigenvalue weighted by Crippen LogP contribution is 2.29. The number of hydrogen-bond acceptors (Lipinski definition) is 3. The van der Waals surface area contributed by atoms with Crippen LogP contribution in [-0.4, -0.2) is 24.2 Å². The van der Waals surface area contributed by atoms with E-state index in [0.29, 0.717) is 28.4 Å². The average molecular weight is 272 g/mol. The van der Waals surface area contributed by atoms with Gasteiger partial charge in [0, 0.05) is 11.6 Å². The average Bonchev–Trinajstić information content (AvgIpc) is 2.89. The summed E-state index contributed by atoms with van der Waals surface area (Å²) >= 11 is 0. The number of halogens is 1. The van der Waals surface area contributed by atoms with Gasteiger partial charge < -0.3 is 14.5 Å². The third-order valence-corrected chi connectivity index (χ3v) is 3.07. The van der Waals surface area contributed by atoms with Gasteiger partial charge in [-0.25, -0.2) is 9.37 Å². The minimum Gasteiger partial charge on any atom is -0.497 e. The molecule has 0 aliphatic carbocycles. The minimum atomic E-state index is -0.295. The monoisotopic (exact) mass is 272 g/mol. The van der Waals surface area contributed by atoms with Crippen molar-refractivity contribution < 1.29 is 13.9 Å². The van der Waals surface area contributed by atoms with Crippen molar-refractivity contribution in [3.8, 4) is 22.9 Å². The standard InChI is InChI=1S/C15H13FN2O2/c1-19-11-5-9(6-12(8-11)20-2)15-17-13-4-3-10(16)7-14(13)18-15/h3-8H,1-2H3,(H,17,18). The first-order chi connectivity index (χ1) is 9.69. The van der Waals surface area contributed by atoms with E-state index in [1.54, 1.807) is 26.4 Å². The highest BCUT2D eigenvalue weighted by molar-refractivity contribution is 5.79. The van der Waals surface area contributed by atoms with Crippen molar-refractivity contribution >= 4 is 11.0 Å². The van der Waals surface area contributed by atoms with Crippen LogP contribution in [0.4, 0.5) is 4.39 Å². The topological polar surface area (TPSA) is 47.1 Å². The highest BCUT2D eigenvalue weighted by Gasteiger charge is 2.09. The van der Waals surface area contributed by atoms with Crippen molar-refractivity contribution in [1.82, 2.24) is 9.97 Å². The number of benzene rings is 2. The zero-order chi connectivity index (χ0) is 14.1. The van der Waals surface area contributed by atoms with Gasteiger partial charge in [0.05, 0.1) is 25.3 Å². The first-order valence-corrected chi connectivity index (χ1v) is 6.08. The summed E-state index contributed by atoms with van der Waals surface area (Å²) < 4.78 is 23.7. The molecule has 3 aromatic rings. The van der Waals surface area contributed by atoms with Crippen molar-refractivity contribution in [2.75, 3.05) is 14.2 Å². The number of imidazole rings is 1. The molecule has 1 aromatic heterocycles. The predicted octanol–water partition coefficient (Wildman–Crippen LogP) is 3.39. The van der Waals surface area contributed by atoms with Crippen LogP contribution in [0.2, 0.25) is 0 Å². The second-order valence-corrected chi connectivity index (χ2v) is 4.35. The minimum absolute atomic E-state index is 0.295. The largest absolute Gasteiger partial charge is 0.497 e. The predicted molar refractivity (Wildman–Crippen MR) is 74.6 cm³/mol. The molecule has 4 nitrogen and oxygen atoms in total. The maximum Gasteiger partial charge on any atom is 0.138 e. The number of nitrogens with one attached hydrogen (secondary N) is 1. The van der Waals surface area contributed by atoms with E-state index in [1.165, 1.54) is 12.1 Å². The van der Waals surface area contributed by atoms with E-state index in [-0.39, 0.29) is 5.82 Å². The molecule has 0 saturated heterocycles. The number of nitrogens with zero attached hydrogens (tertiary/aromatic N) is 1. The van der Waals surface area contributed by atoms with E-state index in [4.69, 9.17) is 9.47 Å². The Kier molecular flexibility index (Phi) is 3.02. The molecule has 3 rings (SSSR count). The lowest BCUT2D eigenvalue weighted by atomic mass is 10.2.